The summed E-state index contributed by atoms with van der Waals surface area (Å²) in [7, 11) is 0. The van der Waals surface area contributed by atoms with E-state index in [2.05, 4.69) is 0 Å². The van der Waals surface area contributed by atoms with Gasteiger partial charge < -0.3 is 14.4 Å². The molecule has 146 valence electrons. The summed E-state index contributed by atoms with van der Waals surface area (Å²) in [5, 5.41) is 8.83. The van der Waals surface area contributed by atoms with Gasteiger partial charge in [0.2, 0.25) is 0 Å². The van der Waals surface area contributed by atoms with E-state index in [4.69, 9.17) is 9.84 Å². The molecule has 1 aromatic heterocycles. The van der Waals surface area contributed by atoms with Gasteiger partial charge in [0.25, 0.3) is 0 Å². The van der Waals surface area contributed by atoms with Gasteiger partial charge in [0.15, 0.2) is 0 Å². The van der Waals surface area contributed by atoms with Gasteiger partial charge in [-0.25, -0.2) is 4.39 Å². The molecule has 0 aliphatic rings. The van der Waals surface area contributed by atoms with Gasteiger partial charge in [-0.3, -0.25) is 4.79 Å². The Morgan fingerprint density at radius 3 is 2.57 bits per heavy atom. The highest BCUT2D eigenvalue weighted by Gasteiger charge is 2.18. The lowest BCUT2D eigenvalue weighted by Gasteiger charge is -2.13. The molecular formula is C22H22FNO3S. The van der Waals surface area contributed by atoms with Gasteiger partial charge in [0, 0.05) is 16.3 Å². The lowest BCUT2D eigenvalue weighted by atomic mass is 10.1. The van der Waals surface area contributed by atoms with Gasteiger partial charge in [-0.15, -0.1) is 11.8 Å². The van der Waals surface area contributed by atoms with E-state index in [9.17, 15) is 9.18 Å². The number of halogens is 1. The molecule has 6 heteroatoms. The third-order valence-corrected chi connectivity index (χ3v) is 5.24. The lowest BCUT2D eigenvalue weighted by Crippen LogP contribution is -2.11. The summed E-state index contributed by atoms with van der Waals surface area (Å²) < 4.78 is 20.8. The average molecular weight is 399 g/mol. The molecule has 3 rings (SSSR count). The van der Waals surface area contributed by atoms with E-state index in [0.717, 1.165) is 27.4 Å². The molecule has 0 amide bonds. The van der Waals surface area contributed by atoms with Crippen molar-refractivity contribution >= 4 is 17.7 Å². The molecule has 1 heterocycles. The molecule has 1 N–H and O–H groups in total. The average Bonchev–Trinajstić information content (AvgIpc) is 3.02. The molecule has 0 fully saturated rings. The first-order valence-corrected chi connectivity index (χ1v) is 10.1. The second kappa shape index (κ2) is 9.08. The standard InChI is InChI=1S/C22H22FNO3S/c1-15-17(13-22(26)27-11-10-25)12-21(16-6-8-20(28-2)9-7-16)24(15)19-5-3-4-18(23)14-19/h3-9,12,14,25H,10-11,13H2,1-2H3. The summed E-state index contributed by atoms with van der Waals surface area (Å²) in [6.07, 6.45) is 2.11. The van der Waals surface area contributed by atoms with Gasteiger partial charge in [-0.05, 0) is 60.7 Å². The molecule has 0 saturated carbocycles. The fourth-order valence-corrected chi connectivity index (χ4v) is 3.53. The first-order chi connectivity index (χ1) is 13.5. The maximum atomic E-state index is 13.9. The van der Waals surface area contributed by atoms with Gasteiger partial charge >= 0.3 is 5.97 Å². The van der Waals surface area contributed by atoms with Crippen LogP contribution in [0.4, 0.5) is 4.39 Å². The molecule has 0 aliphatic heterocycles. The van der Waals surface area contributed by atoms with Crippen LogP contribution in [0.3, 0.4) is 0 Å². The monoisotopic (exact) mass is 399 g/mol. The first kappa shape index (κ1) is 20.2. The summed E-state index contributed by atoms with van der Waals surface area (Å²) >= 11 is 1.66. The fourth-order valence-electron chi connectivity index (χ4n) is 3.13. The highest BCUT2D eigenvalue weighted by molar-refractivity contribution is 7.98. The van der Waals surface area contributed by atoms with Crippen molar-refractivity contribution in [2.75, 3.05) is 19.5 Å². The topological polar surface area (TPSA) is 51.5 Å². The quantitative estimate of drug-likeness (QED) is 0.473. The molecule has 0 radical (unpaired) electrons. The van der Waals surface area contributed by atoms with Crippen molar-refractivity contribution in [2.24, 2.45) is 0 Å². The zero-order chi connectivity index (χ0) is 20.1. The van der Waals surface area contributed by atoms with Gasteiger partial charge in [-0.2, -0.15) is 0 Å². The van der Waals surface area contributed by atoms with E-state index in [0.29, 0.717) is 5.69 Å². The molecule has 0 bridgehead atoms. The number of carbonyl (C=O) groups excluding carboxylic acids is 1. The second-order valence-electron chi connectivity index (χ2n) is 6.30. The van der Waals surface area contributed by atoms with Crippen LogP contribution in [-0.2, 0) is 16.0 Å². The van der Waals surface area contributed by atoms with Crippen molar-refractivity contribution in [1.29, 1.82) is 0 Å². The molecule has 4 nitrogen and oxygen atoms in total. The summed E-state index contributed by atoms with van der Waals surface area (Å²) in [5.74, 6) is -0.726. The predicted molar refractivity (Wildman–Crippen MR) is 109 cm³/mol. The molecular weight excluding hydrogens is 377 g/mol. The number of benzene rings is 2. The van der Waals surface area contributed by atoms with E-state index in [1.54, 1.807) is 17.8 Å². The zero-order valence-corrected chi connectivity index (χ0v) is 16.6. The Balaban J connectivity index is 2.07. The Morgan fingerprint density at radius 2 is 1.93 bits per heavy atom. The van der Waals surface area contributed by atoms with Crippen LogP contribution in [0.5, 0.6) is 0 Å². The third kappa shape index (κ3) is 4.46. The van der Waals surface area contributed by atoms with Gasteiger partial charge in [0.05, 0.1) is 18.7 Å². The Hall–Kier alpha value is -2.57. The number of aromatic nitrogens is 1. The van der Waals surface area contributed by atoms with Crippen LogP contribution in [0.1, 0.15) is 11.3 Å². The molecule has 0 saturated heterocycles. The van der Waals surface area contributed by atoms with Gasteiger partial charge in [-0.1, -0.05) is 18.2 Å². The molecule has 28 heavy (non-hydrogen) atoms. The van der Waals surface area contributed by atoms with Crippen LogP contribution in [0.25, 0.3) is 16.9 Å². The van der Waals surface area contributed by atoms with Crippen LogP contribution in [0.2, 0.25) is 0 Å². The zero-order valence-electron chi connectivity index (χ0n) is 15.8. The van der Waals surface area contributed by atoms with Crippen molar-refractivity contribution < 1.29 is 19.0 Å². The summed E-state index contributed by atoms with van der Waals surface area (Å²) in [5.41, 5.74) is 4.18. The smallest absolute Gasteiger partial charge is 0.310 e. The molecule has 3 aromatic rings. The first-order valence-electron chi connectivity index (χ1n) is 8.91. The Morgan fingerprint density at radius 1 is 1.18 bits per heavy atom. The summed E-state index contributed by atoms with van der Waals surface area (Å²) in [6.45, 7) is 1.67. The van der Waals surface area contributed by atoms with Crippen LogP contribution in [-0.4, -0.2) is 35.1 Å². The number of aliphatic hydroxyl groups excluding tert-OH is 1. The van der Waals surface area contributed by atoms with Crippen LogP contribution in [0.15, 0.2) is 59.5 Å². The number of aliphatic hydroxyl groups is 1. The SMILES string of the molecule is CSc1ccc(-c2cc(CC(=O)OCCO)c(C)n2-c2cccc(F)c2)cc1. The van der Waals surface area contributed by atoms with Crippen molar-refractivity contribution in [3.8, 4) is 16.9 Å². The van der Waals surface area contributed by atoms with E-state index < -0.39 is 5.97 Å². The van der Waals surface area contributed by atoms with Crippen molar-refractivity contribution in [1.82, 2.24) is 4.57 Å². The third-order valence-electron chi connectivity index (χ3n) is 4.49. The largest absolute Gasteiger partial charge is 0.463 e. The van der Waals surface area contributed by atoms with Crippen LogP contribution >= 0.6 is 11.8 Å². The summed E-state index contributed by atoms with van der Waals surface area (Å²) in [4.78, 5) is 13.2. The van der Waals surface area contributed by atoms with E-state index in [1.165, 1.54) is 12.1 Å². The Kier molecular flexibility index (Phi) is 6.54. The highest BCUT2D eigenvalue weighted by Crippen LogP contribution is 2.31. The van der Waals surface area contributed by atoms with Crippen LogP contribution < -0.4 is 0 Å². The number of hydrogen-bond acceptors (Lipinski definition) is 4. The normalized spacial score (nSPS) is 10.9. The highest BCUT2D eigenvalue weighted by atomic mass is 32.2. The van der Waals surface area contributed by atoms with E-state index >= 15 is 0 Å². The summed E-state index contributed by atoms with van der Waals surface area (Å²) in [6, 6.07) is 16.4. The molecule has 2 aromatic carbocycles. The maximum absolute atomic E-state index is 13.9. The number of rotatable bonds is 7. The number of nitrogens with zero attached hydrogens (tertiary/aromatic N) is 1. The van der Waals surface area contributed by atoms with Crippen molar-refractivity contribution in [2.45, 2.75) is 18.2 Å². The Labute approximate surface area is 168 Å². The van der Waals surface area contributed by atoms with Crippen molar-refractivity contribution in [3.63, 3.8) is 0 Å². The number of hydrogen-bond donors (Lipinski definition) is 1. The second-order valence-corrected chi connectivity index (χ2v) is 7.18. The number of esters is 1. The minimum absolute atomic E-state index is 0.0223. The minimum atomic E-state index is -0.405. The molecule has 0 aliphatic carbocycles. The fraction of sp³-hybridized carbons (Fsp3) is 0.227. The molecule has 0 spiro atoms. The molecule has 0 atom stereocenters. The Bertz CT molecular complexity index is 966. The number of carbonyl (C=O) groups is 1. The van der Waals surface area contributed by atoms with Crippen LogP contribution in [0, 0.1) is 12.7 Å². The molecule has 0 unspecified atom stereocenters. The predicted octanol–water partition coefficient (Wildman–Crippen LogP) is 4.39. The van der Waals surface area contributed by atoms with E-state index in [1.807, 2.05) is 54.1 Å². The number of thioether (sulfide) groups is 1. The maximum Gasteiger partial charge on any atom is 0.310 e. The van der Waals surface area contributed by atoms with Gasteiger partial charge in [0.1, 0.15) is 12.4 Å². The van der Waals surface area contributed by atoms with E-state index in [-0.39, 0.29) is 25.5 Å². The van der Waals surface area contributed by atoms with Crippen molar-refractivity contribution in [3.05, 3.63) is 71.7 Å². The lowest BCUT2D eigenvalue weighted by molar-refractivity contribution is -0.143. The number of ether oxygens (including phenoxy) is 1. The minimum Gasteiger partial charge on any atom is -0.463 e.